The Morgan fingerprint density at radius 2 is 1.95 bits per heavy atom. The highest BCUT2D eigenvalue weighted by Crippen LogP contribution is 2.25. The van der Waals surface area contributed by atoms with Crippen LogP contribution in [0.1, 0.15) is 43.5 Å². The molecule has 1 N–H and O–H groups in total. The summed E-state index contributed by atoms with van der Waals surface area (Å²) in [6.07, 6.45) is 5.35. The fourth-order valence-electron chi connectivity index (χ4n) is 2.79. The van der Waals surface area contributed by atoms with E-state index in [4.69, 9.17) is 11.6 Å². The quantitative estimate of drug-likeness (QED) is 0.926. The molecule has 2 aromatic heterocycles. The Bertz CT molecular complexity index is 690. The van der Waals surface area contributed by atoms with Crippen molar-refractivity contribution in [3.8, 4) is 0 Å². The van der Waals surface area contributed by atoms with Crippen LogP contribution in [0.5, 0.6) is 0 Å². The average Bonchev–Trinajstić information content (AvgIpc) is 2.88. The zero-order valence-electron chi connectivity index (χ0n) is 12.2. The van der Waals surface area contributed by atoms with Gasteiger partial charge in [0.1, 0.15) is 0 Å². The third-order valence-electron chi connectivity index (χ3n) is 4.02. The van der Waals surface area contributed by atoms with Gasteiger partial charge in [-0.25, -0.2) is 4.98 Å². The molecule has 1 aliphatic carbocycles. The Hall–Kier alpha value is -1.69. The SMILES string of the molecule is Cc1nc2nc(NC(=O)C3CCCCC3)nn2c(C)c1Cl. The second-order valence-electron chi connectivity index (χ2n) is 5.57. The fourth-order valence-corrected chi connectivity index (χ4v) is 2.91. The molecule has 7 heteroatoms. The molecule has 2 aromatic rings. The number of carbonyl (C=O) groups is 1. The van der Waals surface area contributed by atoms with Gasteiger partial charge in [0.25, 0.3) is 11.7 Å². The van der Waals surface area contributed by atoms with Gasteiger partial charge in [0, 0.05) is 5.92 Å². The number of anilines is 1. The maximum Gasteiger partial charge on any atom is 0.254 e. The van der Waals surface area contributed by atoms with Crippen molar-refractivity contribution in [3.05, 3.63) is 16.4 Å². The van der Waals surface area contributed by atoms with E-state index in [2.05, 4.69) is 20.4 Å². The summed E-state index contributed by atoms with van der Waals surface area (Å²) in [5.74, 6) is 0.826. The number of aryl methyl sites for hydroxylation is 2. The summed E-state index contributed by atoms with van der Waals surface area (Å²) in [6.45, 7) is 3.68. The fraction of sp³-hybridized carbons (Fsp3) is 0.571. The molecule has 0 spiro atoms. The number of aromatic nitrogens is 4. The predicted octanol–water partition coefficient (Wildman–Crippen LogP) is 2.91. The van der Waals surface area contributed by atoms with Gasteiger partial charge in [-0.15, -0.1) is 5.10 Å². The van der Waals surface area contributed by atoms with Crippen molar-refractivity contribution >= 4 is 29.2 Å². The van der Waals surface area contributed by atoms with Gasteiger partial charge in [-0.3, -0.25) is 10.1 Å². The van der Waals surface area contributed by atoms with Gasteiger partial charge in [-0.05, 0) is 26.7 Å². The van der Waals surface area contributed by atoms with Crippen LogP contribution in [0.3, 0.4) is 0 Å². The number of amides is 1. The molecular formula is C14H18ClN5O. The van der Waals surface area contributed by atoms with Crippen molar-refractivity contribution in [2.24, 2.45) is 5.92 Å². The number of carbonyl (C=O) groups excluding carboxylic acids is 1. The molecular weight excluding hydrogens is 290 g/mol. The summed E-state index contributed by atoms with van der Waals surface area (Å²) in [4.78, 5) is 20.8. The molecule has 2 heterocycles. The first-order chi connectivity index (χ1) is 10.1. The molecule has 0 aromatic carbocycles. The molecule has 0 bridgehead atoms. The maximum atomic E-state index is 12.2. The van der Waals surface area contributed by atoms with Crippen molar-refractivity contribution in [2.75, 3.05) is 5.32 Å². The molecule has 21 heavy (non-hydrogen) atoms. The summed E-state index contributed by atoms with van der Waals surface area (Å²) in [5.41, 5.74) is 1.48. The van der Waals surface area contributed by atoms with E-state index in [0.717, 1.165) is 31.4 Å². The van der Waals surface area contributed by atoms with Gasteiger partial charge < -0.3 is 0 Å². The zero-order valence-corrected chi connectivity index (χ0v) is 12.9. The van der Waals surface area contributed by atoms with E-state index in [1.807, 2.05) is 13.8 Å². The van der Waals surface area contributed by atoms with Gasteiger partial charge in [0.2, 0.25) is 5.91 Å². The van der Waals surface area contributed by atoms with E-state index in [0.29, 0.717) is 22.4 Å². The van der Waals surface area contributed by atoms with Crippen molar-refractivity contribution in [1.82, 2.24) is 19.6 Å². The largest absolute Gasteiger partial charge is 0.293 e. The number of hydrogen-bond acceptors (Lipinski definition) is 4. The highest BCUT2D eigenvalue weighted by Gasteiger charge is 2.22. The normalized spacial score (nSPS) is 16.3. The molecule has 6 nitrogen and oxygen atoms in total. The predicted molar refractivity (Wildman–Crippen MR) is 80.5 cm³/mol. The van der Waals surface area contributed by atoms with Crippen molar-refractivity contribution in [3.63, 3.8) is 0 Å². The molecule has 1 amide bonds. The molecule has 0 radical (unpaired) electrons. The smallest absolute Gasteiger partial charge is 0.254 e. The van der Waals surface area contributed by atoms with Crippen LogP contribution in [0, 0.1) is 19.8 Å². The highest BCUT2D eigenvalue weighted by molar-refractivity contribution is 6.31. The molecule has 112 valence electrons. The van der Waals surface area contributed by atoms with E-state index < -0.39 is 0 Å². The van der Waals surface area contributed by atoms with Crippen LogP contribution >= 0.6 is 11.6 Å². The monoisotopic (exact) mass is 307 g/mol. The van der Waals surface area contributed by atoms with E-state index in [9.17, 15) is 4.79 Å². The van der Waals surface area contributed by atoms with E-state index in [-0.39, 0.29) is 11.8 Å². The Labute approximate surface area is 127 Å². The summed E-state index contributed by atoms with van der Waals surface area (Å²) in [6, 6.07) is 0. The lowest BCUT2D eigenvalue weighted by Gasteiger charge is -2.19. The lowest BCUT2D eigenvalue weighted by Crippen LogP contribution is -2.25. The standard InChI is InChI=1S/C14H18ClN5O/c1-8-11(15)9(2)20-14(16-8)18-13(19-20)17-12(21)10-6-4-3-5-7-10/h10H,3-7H2,1-2H3,(H,17,19,21). The van der Waals surface area contributed by atoms with Crippen LogP contribution in [-0.4, -0.2) is 25.5 Å². The van der Waals surface area contributed by atoms with E-state index in [1.165, 1.54) is 6.42 Å². The number of hydrogen-bond donors (Lipinski definition) is 1. The minimum atomic E-state index is 0.00563. The minimum absolute atomic E-state index is 0.00563. The van der Waals surface area contributed by atoms with Crippen LogP contribution < -0.4 is 5.32 Å². The Kier molecular flexibility index (Phi) is 3.80. The summed E-state index contributed by atoms with van der Waals surface area (Å²) in [7, 11) is 0. The molecule has 1 aliphatic rings. The molecule has 0 atom stereocenters. The molecule has 3 rings (SSSR count). The number of nitrogens with zero attached hydrogens (tertiary/aromatic N) is 4. The van der Waals surface area contributed by atoms with Crippen molar-refractivity contribution < 1.29 is 4.79 Å². The molecule has 0 aliphatic heterocycles. The third kappa shape index (κ3) is 2.72. The second-order valence-corrected chi connectivity index (χ2v) is 5.95. The molecule has 0 unspecified atom stereocenters. The maximum absolute atomic E-state index is 12.2. The van der Waals surface area contributed by atoms with Gasteiger partial charge in [-0.2, -0.15) is 9.50 Å². The summed E-state index contributed by atoms with van der Waals surface area (Å²) < 4.78 is 1.56. The molecule has 1 fully saturated rings. The van der Waals surface area contributed by atoms with E-state index in [1.54, 1.807) is 4.52 Å². The first-order valence-corrected chi connectivity index (χ1v) is 7.64. The van der Waals surface area contributed by atoms with Gasteiger partial charge in [0.05, 0.1) is 16.4 Å². The zero-order chi connectivity index (χ0) is 15.0. The van der Waals surface area contributed by atoms with Crippen LogP contribution in [0.4, 0.5) is 5.95 Å². The van der Waals surface area contributed by atoms with E-state index >= 15 is 0 Å². The number of fused-ring (bicyclic) bond motifs is 1. The molecule has 1 saturated carbocycles. The van der Waals surface area contributed by atoms with Crippen LogP contribution in [-0.2, 0) is 4.79 Å². The number of rotatable bonds is 2. The van der Waals surface area contributed by atoms with Crippen molar-refractivity contribution in [2.45, 2.75) is 46.0 Å². The first-order valence-electron chi connectivity index (χ1n) is 7.26. The number of halogens is 1. The topological polar surface area (TPSA) is 72.2 Å². The first kappa shape index (κ1) is 14.3. The minimum Gasteiger partial charge on any atom is -0.293 e. The Balaban J connectivity index is 1.84. The van der Waals surface area contributed by atoms with Crippen LogP contribution in [0.2, 0.25) is 5.02 Å². The second kappa shape index (κ2) is 5.60. The lowest BCUT2D eigenvalue weighted by molar-refractivity contribution is -0.120. The summed E-state index contributed by atoms with van der Waals surface area (Å²) >= 11 is 6.15. The Morgan fingerprint density at radius 3 is 2.67 bits per heavy atom. The van der Waals surface area contributed by atoms with Crippen molar-refractivity contribution in [1.29, 1.82) is 0 Å². The van der Waals surface area contributed by atoms with Gasteiger partial charge in [-0.1, -0.05) is 30.9 Å². The average molecular weight is 308 g/mol. The summed E-state index contributed by atoms with van der Waals surface area (Å²) in [5, 5.41) is 7.65. The van der Waals surface area contributed by atoms with Crippen LogP contribution in [0.25, 0.3) is 5.78 Å². The Morgan fingerprint density at radius 1 is 1.24 bits per heavy atom. The molecule has 0 saturated heterocycles. The van der Waals surface area contributed by atoms with Gasteiger partial charge in [0.15, 0.2) is 0 Å². The third-order valence-corrected chi connectivity index (χ3v) is 4.57. The lowest BCUT2D eigenvalue weighted by atomic mass is 9.89. The van der Waals surface area contributed by atoms with Crippen LogP contribution in [0.15, 0.2) is 0 Å². The van der Waals surface area contributed by atoms with Gasteiger partial charge >= 0.3 is 0 Å². The highest BCUT2D eigenvalue weighted by atomic mass is 35.5. The number of nitrogens with one attached hydrogen (secondary N) is 1.